The highest BCUT2D eigenvalue weighted by Gasteiger charge is 2.27. The number of carbonyl (C=O) groups excluding carboxylic acids is 2. The molecule has 0 unspecified atom stereocenters. The molecule has 5 nitrogen and oxygen atoms in total. The fraction of sp³-hybridized carbons (Fsp3) is 0.385. The van der Waals surface area contributed by atoms with Gasteiger partial charge in [0, 0.05) is 11.1 Å². The normalized spacial score (nSPS) is 12.6. The summed E-state index contributed by atoms with van der Waals surface area (Å²) in [6.07, 6.45) is -4.53. The van der Waals surface area contributed by atoms with Gasteiger partial charge in [-0.25, -0.2) is 4.79 Å². The van der Waals surface area contributed by atoms with Crippen LogP contribution in [0.3, 0.4) is 0 Å². The smallest absolute Gasteiger partial charge is 0.329 e. The van der Waals surface area contributed by atoms with E-state index in [-0.39, 0.29) is 12.6 Å². The zero-order valence-corrected chi connectivity index (χ0v) is 12.4. The van der Waals surface area contributed by atoms with Gasteiger partial charge >= 0.3 is 12.2 Å². The van der Waals surface area contributed by atoms with E-state index < -0.39 is 24.7 Å². The van der Waals surface area contributed by atoms with E-state index in [1.54, 1.807) is 41.8 Å². The number of imide groups is 1. The maximum atomic E-state index is 11.9. The number of hydrogen-bond acceptors (Lipinski definition) is 3. The summed E-state index contributed by atoms with van der Waals surface area (Å²) in [5.74, 6) is -0.736. The van der Waals surface area contributed by atoms with E-state index in [1.807, 2.05) is 0 Å². The Balaban J connectivity index is 2.33. The van der Waals surface area contributed by atoms with Crippen molar-refractivity contribution in [3.8, 4) is 0 Å². The highest BCUT2D eigenvalue weighted by molar-refractivity contribution is 6.30. The van der Waals surface area contributed by atoms with Gasteiger partial charge in [0.05, 0.1) is 6.54 Å². The van der Waals surface area contributed by atoms with Gasteiger partial charge in [-0.05, 0) is 24.6 Å². The van der Waals surface area contributed by atoms with E-state index in [0.29, 0.717) is 5.02 Å². The van der Waals surface area contributed by atoms with Crippen molar-refractivity contribution in [1.82, 2.24) is 16.0 Å². The van der Waals surface area contributed by atoms with E-state index in [2.05, 4.69) is 5.32 Å². The van der Waals surface area contributed by atoms with E-state index in [1.165, 1.54) is 0 Å². The first-order chi connectivity index (χ1) is 10.2. The van der Waals surface area contributed by atoms with Crippen molar-refractivity contribution >= 4 is 23.5 Å². The number of amides is 3. The number of urea groups is 1. The van der Waals surface area contributed by atoms with Gasteiger partial charge in [-0.1, -0.05) is 23.7 Å². The lowest BCUT2D eigenvalue weighted by Crippen LogP contribution is -2.46. The minimum Gasteiger partial charge on any atom is -0.329 e. The molecule has 9 heteroatoms. The number of alkyl halides is 3. The molecule has 0 saturated carbocycles. The Kier molecular flexibility index (Phi) is 6.63. The van der Waals surface area contributed by atoms with Gasteiger partial charge in [0.15, 0.2) is 0 Å². The molecule has 1 aromatic carbocycles. The average Bonchev–Trinajstić information content (AvgIpc) is 2.42. The molecule has 0 fully saturated rings. The van der Waals surface area contributed by atoms with E-state index in [9.17, 15) is 22.8 Å². The fourth-order valence-corrected chi connectivity index (χ4v) is 1.64. The van der Waals surface area contributed by atoms with Gasteiger partial charge in [-0.2, -0.15) is 13.2 Å². The molecule has 0 radical (unpaired) electrons. The molecule has 22 heavy (non-hydrogen) atoms. The Morgan fingerprint density at radius 2 is 1.82 bits per heavy atom. The lowest BCUT2D eigenvalue weighted by molar-refractivity contribution is -0.124. The van der Waals surface area contributed by atoms with Gasteiger partial charge in [-0.15, -0.1) is 0 Å². The molecule has 0 saturated heterocycles. The summed E-state index contributed by atoms with van der Waals surface area (Å²) in [4.78, 5) is 22.5. The molecule has 3 amide bonds. The van der Waals surface area contributed by atoms with Gasteiger partial charge in [-0.3, -0.25) is 10.1 Å². The van der Waals surface area contributed by atoms with Crippen LogP contribution in [0.5, 0.6) is 0 Å². The molecular weight excluding hydrogens is 323 g/mol. The molecule has 1 rings (SSSR count). The molecule has 0 aliphatic carbocycles. The standard InChI is InChI=1S/C13H15ClF3N3O2/c1-8(9-2-4-10(14)5-3-9)18-6-11(21)20-12(22)19-7-13(15,16)17/h2-5,8,18H,6-7H2,1H3,(H2,19,20,21,22)/t8-/m1/s1. The van der Waals surface area contributed by atoms with Crippen molar-refractivity contribution < 1.29 is 22.8 Å². The monoisotopic (exact) mass is 337 g/mol. The lowest BCUT2D eigenvalue weighted by Gasteiger charge is -2.14. The SMILES string of the molecule is C[C@@H](NCC(=O)NC(=O)NCC(F)(F)F)c1ccc(Cl)cc1. The third-order valence-corrected chi connectivity index (χ3v) is 2.89. The van der Waals surface area contributed by atoms with Crippen LogP contribution in [0.1, 0.15) is 18.5 Å². The van der Waals surface area contributed by atoms with Crippen LogP contribution in [0, 0.1) is 0 Å². The van der Waals surface area contributed by atoms with E-state index in [0.717, 1.165) is 5.56 Å². The average molecular weight is 338 g/mol. The van der Waals surface area contributed by atoms with Crippen LogP contribution in [0.2, 0.25) is 5.02 Å². The van der Waals surface area contributed by atoms with Crippen molar-refractivity contribution in [2.45, 2.75) is 19.1 Å². The van der Waals surface area contributed by atoms with Crippen molar-refractivity contribution in [3.63, 3.8) is 0 Å². The summed E-state index contributed by atoms with van der Waals surface area (Å²) in [6.45, 7) is 0.0736. The topological polar surface area (TPSA) is 70.2 Å². The molecule has 3 N–H and O–H groups in total. The molecule has 0 aromatic heterocycles. The number of benzene rings is 1. The van der Waals surface area contributed by atoms with Crippen LogP contribution in [0.25, 0.3) is 0 Å². The summed E-state index contributed by atoms with van der Waals surface area (Å²) < 4.78 is 35.6. The quantitative estimate of drug-likeness (QED) is 0.772. The Hall–Kier alpha value is -1.80. The molecule has 0 heterocycles. The van der Waals surface area contributed by atoms with E-state index in [4.69, 9.17) is 11.6 Å². The number of hydrogen-bond donors (Lipinski definition) is 3. The van der Waals surface area contributed by atoms with Crippen LogP contribution in [0.15, 0.2) is 24.3 Å². The maximum absolute atomic E-state index is 11.9. The molecule has 0 spiro atoms. The second-order valence-corrected chi connectivity index (χ2v) is 4.94. The highest BCUT2D eigenvalue weighted by Crippen LogP contribution is 2.15. The number of nitrogens with one attached hydrogen (secondary N) is 3. The fourth-order valence-electron chi connectivity index (χ4n) is 1.51. The number of rotatable bonds is 5. The molecule has 1 atom stereocenters. The molecular formula is C13H15ClF3N3O2. The third kappa shape index (κ3) is 7.28. The first-order valence-corrected chi connectivity index (χ1v) is 6.68. The summed E-state index contributed by atoms with van der Waals surface area (Å²) in [5, 5.41) is 6.75. The first kappa shape index (κ1) is 18.2. The molecule has 0 aliphatic heterocycles. The zero-order valence-electron chi connectivity index (χ0n) is 11.6. The summed E-state index contributed by atoms with van der Waals surface area (Å²) in [6, 6.07) is 5.55. The van der Waals surface area contributed by atoms with Crippen molar-refractivity contribution in [2.75, 3.05) is 13.1 Å². The third-order valence-electron chi connectivity index (χ3n) is 2.64. The number of carbonyl (C=O) groups is 2. The van der Waals surface area contributed by atoms with Crippen molar-refractivity contribution in [1.29, 1.82) is 0 Å². The van der Waals surface area contributed by atoms with Crippen LogP contribution >= 0.6 is 11.6 Å². The Bertz CT molecular complexity index is 520. The molecule has 0 aliphatic rings. The van der Waals surface area contributed by atoms with Crippen LogP contribution in [-0.2, 0) is 4.79 Å². The Labute approximate surface area is 130 Å². The maximum Gasteiger partial charge on any atom is 0.405 e. The minimum absolute atomic E-state index is 0.193. The van der Waals surface area contributed by atoms with Gasteiger partial charge in [0.25, 0.3) is 0 Å². The Morgan fingerprint density at radius 3 is 2.36 bits per heavy atom. The molecule has 0 bridgehead atoms. The second-order valence-electron chi connectivity index (χ2n) is 4.50. The Morgan fingerprint density at radius 1 is 1.23 bits per heavy atom. The van der Waals surface area contributed by atoms with Gasteiger partial charge in [0.2, 0.25) is 5.91 Å². The van der Waals surface area contributed by atoms with Crippen molar-refractivity contribution in [2.24, 2.45) is 0 Å². The predicted octanol–water partition coefficient (Wildman–Crippen LogP) is 2.38. The van der Waals surface area contributed by atoms with Gasteiger partial charge in [0.1, 0.15) is 6.54 Å². The second kappa shape index (κ2) is 8.00. The summed E-state index contributed by atoms with van der Waals surface area (Å²) >= 11 is 5.75. The zero-order chi connectivity index (χ0) is 16.8. The van der Waals surface area contributed by atoms with Crippen LogP contribution in [0.4, 0.5) is 18.0 Å². The van der Waals surface area contributed by atoms with Gasteiger partial charge < -0.3 is 10.6 Å². The molecule has 122 valence electrons. The number of halogens is 4. The van der Waals surface area contributed by atoms with E-state index >= 15 is 0 Å². The molecule has 1 aromatic rings. The largest absolute Gasteiger partial charge is 0.405 e. The minimum atomic E-state index is -4.53. The summed E-state index contributed by atoms with van der Waals surface area (Å²) in [7, 11) is 0. The highest BCUT2D eigenvalue weighted by atomic mass is 35.5. The predicted molar refractivity (Wildman–Crippen MR) is 75.5 cm³/mol. The van der Waals surface area contributed by atoms with Crippen LogP contribution in [-0.4, -0.2) is 31.2 Å². The summed E-state index contributed by atoms with van der Waals surface area (Å²) in [5.41, 5.74) is 0.874. The van der Waals surface area contributed by atoms with Crippen molar-refractivity contribution in [3.05, 3.63) is 34.9 Å². The first-order valence-electron chi connectivity index (χ1n) is 6.30. The lowest BCUT2D eigenvalue weighted by atomic mass is 10.1. The van der Waals surface area contributed by atoms with Crippen LogP contribution < -0.4 is 16.0 Å².